The summed E-state index contributed by atoms with van der Waals surface area (Å²) in [4.78, 5) is 13.0. The molecule has 4 rings (SSSR count). The quantitative estimate of drug-likeness (QED) is 0.617. The minimum Gasteiger partial charge on any atom is -0.476 e. The summed E-state index contributed by atoms with van der Waals surface area (Å²) in [6, 6.07) is 23.6. The Kier molecular flexibility index (Phi) is 6.19. The topological polar surface area (TPSA) is 75.7 Å². The molecule has 1 aliphatic heterocycles. The number of hydrogen-bond acceptors (Lipinski definition) is 4. The first-order valence-corrected chi connectivity index (χ1v) is 12.1. The molecule has 1 heterocycles. The smallest absolute Gasteiger partial charge is 0.263 e. The second-order valence-electron chi connectivity index (χ2n) is 7.99. The van der Waals surface area contributed by atoms with Gasteiger partial charge in [-0.1, -0.05) is 72.3 Å². The third-order valence-corrected chi connectivity index (χ3v) is 7.21. The second kappa shape index (κ2) is 9.04. The van der Waals surface area contributed by atoms with Crippen LogP contribution in [0.15, 0.2) is 78.9 Å². The van der Waals surface area contributed by atoms with Crippen LogP contribution in [0.2, 0.25) is 0 Å². The summed E-state index contributed by atoms with van der Waals surface area (Å²) in [6.07, 6.45) is -0.955. The predicted molar refractivity (Wildman–Crippen MR) is 125 cm³/mol. The number of nitrogens with one attached hydrogen (secondary N) is 1. The van der Waals surface area contributed by atoms with E-state index in [1.54, 1.807) is 48.5 Å². The molecule has 7 heteroatoms. The van der Waals surface area contributed by atoms with Crippen molar-refractivity contribution in [1.29, 1.82) is 0 Å². The normalized spacial score (nSPS) is 16.6. The monoisotopic (exact) mass is 450 g/mol. The van der Waals surface area contributed by atoms with Crippen molar-refractivity contribution in [3.8, 4) is 5.75 Å². The van der Waals surface area contributed by atoms with Gasteiger partial charge in [-0.05, 0) is 37.1 Å². The largest absolute Gasteiger partial charge is 0.476 e. The fraction of sp³-hybridized carbons (Fsp3) is 0.240. The summed E-state index contributed by atoms with van der Waals surface area (Å²) in [7, 11) is -3.73. The van der Waals surface area contributed by atoms with E-state index < -0.39 is 16.1 Å². The Balaban J connectivity index is 1.56. The summed E-state index contributed by atoms with van der Waals surface area (Å²) in [6.45, 7) is 3.81. The van der Waals surface area contributed by atoms with Crippen molar-refractivity contribution in [2.24, 2.45) is 0 Å². The van der Waals surface area contributed by atoms with Crippen LogP contribution in [0.5, 0.6) is 5.75 Å². The zero-order valence-corrected chi connectivity index (χ0v) is 18.9. The zero-order valence-electron chi connectivity index (χ0n) is 18.1. The molecular weight excluding hydrogens is 424 g/mol. The second-order valence-corrected chi connectivity index (χ2v) is 9.88. The lowest BCUT2D eigenvalue weighted by Gasteiger charge is -2.35. The maximum absolute atomic E-state index is 13.3. The molecule has 1 amide bonds. The van der Waals surface area contributed by atoms with Gasteiger partial charge in [-0.15, -0.1) is 0 Å². The lowest BCUT2D eigenvalue weighted by atomic mass is 10.1. The third-order valence-electron chi connectivity index (χ3n) is 5.49. The van der Waals surface area contributed by atoms with Gasteiger partial charge < -0.3 is 10.1 Å². The molecule has 166 valence electrons. The summed E-state index contributed by atoms with van der Waals surface area (Å²) >= 11 is 0. The molecule has 2 atom stereocenters. The number of fused-ring (bicyclic) bond motifs is 1. The standard InChI is InChI=1S/C25H26N2O4S/c1-18-12-14-21(15-13-18)19(2)26-25(28)24-16-27(22-10-6-7-11-23(22)31-24)32(29,30)17-20-8-4-3-5-9-20/h3-15,19,24H,16-17H2,1-2H3,(H,26,28)/t19-,24+/m0/s1. The van der Waals surface area contributed by atoms with Crippen LogP contribution < -0.4 is 14.4 Å². The zero-order chi connectivity index (χ0) is 22.7. The molecule has 0 radical (unpaired) electrons. The van der Waals surface area contributed by atoms with Crippen molar-refractivity contribution in [3.63, 3.8) is 0 Å². The molecule has 0 saturated heterocycles. The van der Waals surface area contributed by atoms with Crippen LogP contribution >= 0.6 is 0 Å². The number of sulfonamides is 1. The van der Waals surface area contributed by atoms with E-state index in [-0.39, 0.29) is 24.2 Å². The van der Waals surface area contributed by atoms with Crippen LogP contribution in [0, 0.1) is 6.92 Å². The Morgan fingerprint density at radius 3 is 2.41 bits per heavy atom. The Labute approximate surface area is 188 Å². The molecule has 0 saturated carbocycles. The number of ether oxygens (including phenoxy) is 1. The van der Waals surface area contributed by atoms with Gasteiger partial charge in [0.25, 0.3) is 5.91 Å². The summed E-state index contributed by atoms with van der Waals surface area (Å²) < 4.78 is 33.8. The van der Waals surface area contributed by atoms with E-state index in [9.17, 15) is 13.2 Å². The fourth-order valence-electron chi connectivity index (χ4n) is 3.71. The summed E-state index contributed by atoms with van der Waals surface area (Å²) in [5.41, 5.74) is 3.23. The van der Waals surface area contributed by atoms with Crippen molar-refractivity contribution in [2.45, 2.75) is 31.7 Å². The maximum Gasteiger partial charge on any atom is 0.263 e. The average Bonchev–Trinajstić information content (AvgIpc) is 2.79. The predicted octanol–water partition coefficient (Wildman–Crippen LogP) is 3.97. The van der Waals surface area contributed by atoms with Crippen LogP contribution in [0.4, 0.5) is 5.69 Å². The molecule has 1 N–H and O–H groups in total. The number of aryl methyl sites for hydroxylation is 1. The van der Waals surface area contributed by atoms with Crippen LogP contribution in [0.1, 0.15) is 29.7 Å². The van der Waals surface area contributed by atoms with Gasteiger partial charge in [-0.25, -0.2) is 8.42 Å². The third kappa shape index (κ3) is 4.78. The summed E-state index contributed by atoms with van der Waals surface area (Å²) in [5, 5.41) is 2.95. The first-order chi connectivity index (χ1) is 15.3. The number of benzene rings is 3. The van der Waals surface area contributed by atoms with E-state index in [0.29, 0.717) is 17.0 Å². The lowest BCUT2D eigenvalue weighted by molar-refractivity contribution is -0.128. The molecule has 3 aromatic carbocycles. The Hall–Kier alpha value is -3.32. The van der Waals surface area contributed by atoms with E-state index in [4.69, 9.17) is 4.74 Å². The number of carbonyl (C=O) groups excluding carboxylic acids is 1. The van der Waals surface area contributed by atoms with Gasteiger partial charge >= 0.3 is 0 Å². The van der Waals surface area contributed by atoms with Gasteiger partial charge in [0.2, 0.25) is 10.0 Å². The lowest BCUT2D eigenvalue weighted by Crippen LogP contribution is -2.51. The number of anilines is 1. The van der Waals surface area contributed by atoms with Crippen LogP contribution in [-0.2, 0) is 20.6 Å². The SMILES string of the molecule is Cc1ccc([C@H](C)NC(=O)[C@H]2CN(S(=O)(=O)Cc3ccccc3)c3ccccc3O2)cc1. The first kappa shape index (κ1) is 21.9. The van der Waals surface area contributed by atoms with E-state index in [2.05, 4.69) is 5.32 Å². The van der Waals surface area contributed by atoms with Crippen LogP contribution in [-0.4, -0.2) is 27.0 Å². The molecule has 0 aliphatic carbocycles. The maximum atomic E-state index is 13.3. The minimum atomic E-state index is -3.73. The molecule has 32 heavy (non-hydrogen) atoms. The average molecular weight is 451 g/mol. The van der Waals surface area contributed by atoms with E-state index in [1.807, 2.05) is 44.2 Å². The van der Waals surface area contributed by atoms with Crippen LogP contribution in [0.3, 0.4) is 0 Å². The van der Waals surface area contributed by atoms with E-state index in [0.717, 1.165) is 11.1 Å². The van der Waals surface area contributed by atoms with Gasteiger partial charge in [0, 0.05) is 0 Å². The molecule has 0 spiro atoms. The molecule has 1 aliphatic rings. The molecule has 0 unspecified atom stereocenters. The minimum absolute atomic E-state index is 0.0847. The number of nitrogens with zero attached hydrogens (tertiary/aromatic N) is 1. The number of para-hydroxylation sites is 2. The summed E-state index contributed by atoms with van der Waals surface area (Å²) in [5.74, 6) is -0.137. The highest BCUT2D eigenvalue weighted by Gasteiger charge is 2.37. The number of hydrogen-bond donors (Lipinski definition) is 1. The van der Waals surface area contributed by atoms with Gasteiger partial charge in [-0.3, -0.25) is 9.10 Å². The molecule has 6 nitrogen and oxygen atoms in total. The van der Waals surface area contributed by atoms with Gasteiger partial charge in [0.1, 0.15) is 5.75 Å². The number of amides is 1. The van der Waals surface area contributed by atoms with Gasteiger partial charge in [0.15, 0.2) is 6.10 Å². The Morgan fingerprint density at radius 2 is 1.69 bits per heavy atom. The molecular formula is C25H26N2O4S. The Bertz CT molecular complexity index is 1190. The van der Waals surface area contributed by atoms with Gasteiger partial charge in [-0.2, -0.15) is 0 Å². The molecule has 0 fully saturated rings. The fourth-order valence-corrected chi connectivity index (χ4v) is 5.29. The van der Waals surface area contributed by atoms with Crippen molar-refractivity contribution < 1.29 is 17.9 Å². The molecule has 0 aromatic heterocycles. The van der Waals surface area contributed by atoms with E-state index >= 15 is 0 Å². The highest BCUT2D eigenvalue weighted by atomic mass is 32.2. The molecule has 0 bridgehead atoms. The van der Waals surface area contributed by atoms with Crippen molar-refractivity contribution in [1.82, 2.24) is 5.32 Å². The first-order valence-electron chi connectivity index (χ1n) is 10.5. The van der Waals surface area contributed by atoms with E-state index in [1.165, 1.54) is 4.31 Å². The number of carbonyl (C=O) groups is 1. The van der Waals surface area contributed by atoms with Crippen molar-refractivity contribution >= 4 is 21.6 Å². The highest BCUT2D eigenvalue weighted by molar-refractivity contribution is 7.92. The molecule has 3 aromatic rings. The van der Waals surface area contributed by atoms with Crippen molar-refractivity contribution in [2.75, 3.05) is 10.8 Å². The van der Waals surface area contributed by atoms with Crippen LogP contribution in [0.25, 0.3) is 0 Å². The number of rotatable bonds is 6. The van der Waals surface area contributed by atoms with Crippen molar-refractivity contribution in [3.05, 3.63) is 95.6 Å². The highest BCUT2D eigenvalue weighted by Crippen LogP contribution is 2.36. The Morgan fingerprint density at radius 1 is 1.03 bits per heavy atom. The van der Waals surface area contributed by atoms with Gasteiger partial charge in [0.05, 0.1) is 24.0 Å².